The van der Waals surface area contributed by atoms with Crippen molar-refractivity contribution in [1.29, 1.82) is 0 Å². The van der Waals surface area contributed by atoms with Crippen LogP contribution in [0.1, 0.15) is 36.2 Å². The summed E-state index contributed by atoms with van der Waals surface area (Å²) in [6.45, 7) is 0. The van der Waals surface area contributed by atoms with Crippen molar-refractivity contribution in [2.24, 2.45) is 0 Å². The van der Waals surface area contributed by atoms with Crippen LogP contribution in [0.2, 0.25) is 0 Å². The van der Waals surface area contributed by atoms with E-state index in [-0.39, 0.29) is 23.2 Å². The van der Waals surface area contributed by atoms with Crippen LogP contribution < -0.4 is 15.4 Å². The van der Waals surface area contributed by atoms with E-state index >= 15 is 0 Å². The summed E-state index contributed by atoms with van der Waals surface area (Å²) in [4.78, 5) is 25.0. The summed E-state index contributed by atoms with van der Waals surface area (Å²) in [7, 11) is 3.43. The Morgan fingerprint density at radius 1 is 1.11 bits per heavy atom. The first-order chi connectivity index (χ1) is 17.9. The van der Waals surface area contributed by atoms with Crippen LogP contribution in [0.25, 0.3) is 22.3 Å². The summed E-state index contributed by atoms with van der Waals surface area (Å²) in [5.74, 6) is -1.17. The van der Waals surface area contributed by atoms with Gasteiger partial charge in [0.15, 0.2) is 23.7 Å². The van der Waals surface area contributed by atoms with E-state index < -0.39 is 17.5 Å². The third-order valence-corrected chi connectivity index (χ3v) is 6.19. The maximum atomic E-state index is 14.3. The van der Waals surface area contributed by atoms with Crippen molar-refractivity contribution >= 4 is 23.0 Å². The Morgan fingerprint density at radius 2 is 1.92 bits per heavy atom. The number of ether oxygens (including phenoxy) is 1. The second-order valence-electron chi connectivity index (χ2n) is 8.62. The standard InChI is InChI=1S/C19H20F3N5.C7H7NO2/c1-23-11-3-2-4-12(7-11)26-19-16(22)9-25-18(27-19)14-8-24-17-13(14)5-10(20)6-15(17)21;1-10-7-4-2-3-6(5-9)8-7/h5-6,8-9,11-12,23-24H,2-4,7H2,1H3,(H,25,26,27);2-5H,1H3/t11-,12+;/m1./s1. The van der Waals surface area contributed by atoms with Crippen LogP contribution in [0, 0.1) is 17.5 Å². The number of hydrogen-bond donors (Lipinski definition) is 3. The van der Waals surface area contributed by atoms with Crippen LogP contribution in [-0.2, 0) is 0 Å². The van der Waals surface area contributed by atoms with Gasteiger partial charge < -0.3 is 20.4 Å². The normalized spacial score (nSPS) is 17.1. The number of nitrogens with zero attached hydrogens (tertiary/aromatic N) is 3. The number of halogens is 3. The summed E-state index contributed by atoms with van der Waals surface area (Å²) >= 11 is 0. The number of pyridine rings is 1. The largest absolute Gasteiger partial charge is 0.481 e. The number of aromatic amines is 1. The molecule has 0 bridgehead atoms. The van der Waals surface area contributed by atoms with Crippen molar-refractivity contribution in [3.05, 3.63) is 65.9 Å². The maximum absolute atomic E-state index is 14.3. The van der Waals surface area contributed by atoms with Crippen molar-refractivity contribution in [3.63, 3.8) is 0 Å². The third-order valence-electron chi connectivity index (χ3n) is 6.19. The Labute approximate surface area is 211 Å². The minimum absolute atomic E-state index is 0.103. The number of rotatable bonds is 6. The number of nitrogens with one attached hydrogen (secondary N) is 3. The number of carbonyl (C=O) groups excluding carboxylic acids is 1. The van der Waals surface area contributed by atoms with Gasteiger partial charge in [-0.1, -0.05) is 6.07 Å². The molecule has 194 valence electrons. The van der Waals surface area contributed by atoms with Gasteiger partial charge in [0, 0.05) is 41.4 Å². The van der Waals surface area contributed by atoms with Crippen LogP contribution in [0.4, 0.5) is 19.0 Å². The van der Waals surface area contributed by atoms with E-state index in [0.717, 1.165) is 37.9 Å². The highest BCUT2D eigenvalue weighted by molar-refractivity contribution is 5.94. The molecule has 1 aliphatic carbocycles. The predicted octanol–water partition coefficient (Wildman–Crippen LogP) is 4.89. The molecule has 3 heterocycles. The minimum atomic E-state index is -0.697. The molecule has 0 saturated heterocycles. The number of H-pyrrole nitrogens is 1. The molecule has 0 unspecified atom stereocenters. The summed E-state index contributed by atoms with van der Waals surface area (Å²) in [5.41, 5.74) is 0.973. The zero-order valence-electron chi connectivity index (χ0n) is 20.4. The average Bonchev–Trinajstić information content (AvgIpc) is 3.34. The smallest absolute Gasteiger partial charge is 0.213 e. The maximum Gasteiger partial charge on any atom is 0.213 e. The molecule has 4 aromatic rings. The van der Waals surface area contributed by atoms with Gasteiger partial charge >= 0.3 is 0 Å². The van der Waals surface area contributed by atoms with Crippen LogP contribution in [0.5, 0.6) is 5.88 Å². The third kappa shape index (κ3) is 6.23. The van der Waals surface area contributed by atoms with Gasteiger partial charge in [-0.05, 0) is 44.9 Å². The molecule has 1 saturated carbocycles. The number of hydrogen-bond acceptors (Lipinski definition) is 7. The molecule has 0 radical (unpaired) electrons. The molecule has 1 aliphatic rings. The molecule has 11 heteroatoms. The Morgan fingerprint density at radius 3 is 2.68 bits per heavy atom. The molecule has 1 fully saturated rings. The Kier molecular flexibility index (Phi) is 8.34. The first-order valence-corrected chi connectivity index (χ1v) is 11.8. The lowest BCUT2D eigenvalue weighted by Crippen LogP contribution is -2.37. The highest BCUT2D eigenvalue weighted by Crippen LogP contribution is 2.30. The Hall–Kier alpha value is -3.99. The van der Waals surface area contributed by atoms with Crippen molar-refractivity contribution in [2.45, 2.75) is 37.8 Å². The SMILES string of the molecule is CN[C@@H]1CCC[C@H](Nc2nc(-c3c[nH]c4c(F)cc(F)cc34)ncc2F)C1.COc1cccc(C=O)n1. The highest BCUT2D eigenvalue weighted by atomic mass is 19.1. The Balaban J connectivity index is 0.000000270. The molecule has 3 aromatic heterocycles. The van der Waals surface area contributed by atoms with Crippen molar-refractivity contribution in [2.75, 3.05) is 19.5 Å². The zero-order valence-corrected chi connectivity index (χ0v) is 20.4. The summed E-state index contributed by atoms with van der Waals surface area (Å²) in [6, 6.07) is 7.54. The first-order valence-electron chi connectivity index (χ1n) is 11.8. The van der Waals surface area contributed by atoms with E-state index in [1.165, 1.54) is 19.4 Å². The van der Waals surface area contributed by atoms with E-state index in [1.54, 1.807) is 18.2 Å². The highest BCUT2D eigenvalue weighted by Gasteiger charge is 2.23. The number of fused-ring (bicyclic) bond motifs is 1. The molecule has 2 atom stereocenters. The van der Waals surface area contributed by atoms with Gasteiger partial charge in [-0.25, -0.2) is 28.1 Å². The molecule has 5 rings (SSSR count). The number of benzene rings is 1. The van der Waals surface area contributed by atoms with Gasteiger partial charge in [-0.3, -0.25) is 4.79 Å². The first kappa shape index (κ1) is 26.1. The molecule has 0 aliphatic heterocycles. The van der Waals surface area contributed by atoms with E-state index in [9.17, 15) is 18.0 Å². The van der Waals surface area contributed by atoms with E-state index in [0.29, 0.717) is 34.9 Å². The van der Waals surface area contributed by atoms with Gasteiger partial charge in [-0.2, -0.15) is 0 Å². The summed E-state index contributed by atoms with van der Waals surface area (Å²) in [6.07, 6.45) is 7.21. The summed E-state index contributed by atoms with van der Waals surface area (Å²) < 4.78 is 46.6. The zero-order chi connectivity index (χ0) is 26.4. The molecule has 0 amide bonds. The van der Waals surface area contributed by atoms with E-state index in [4.69, 9.17) is 4.74 Å². The monoisotopic (exact) mass is 512 g/mol. The van der Waals surface area contributed by atoms with Crippen molar-refractivity contribution in [3.8, 4) is 17.3 Å². The van der Waals surface area contributed by atoms with Gasteiger partial charge in [0.25, 0.3) is 0 Å². The fourth-order valence-electron chi connectivity index (χ4n) is 4.32. The van der Waals surface area contributed by atoms with Gasteiger partial charge in [0.05, 0.1) is 18.8 Å². The second-order valence-corrected chi connectivity index (χ2v) is 8.62. The molecule has 3 N–H and O–H groups in total. The summed E-state index contributed by atoms with van der Waals surface area (Å²) in [5, 5.41) is 6.74. The molecule has 1 aromatic carbocycles. The van der Waals surface area contributed by atoms with Crippen LogP contribution in [0.3, 0.4) is 0 Å². The number of carbonyl (C=O) groups is 1. The molecular formula is C26H27F3N6O2. The van der Waals surface area contributed by atoms with E-state index in [2.05, 4.69) is 30.6 Å². The number of aldehydes is 1. The fraction of sp³-hybridized carbons (Fsp3) is 0.308. The van der Waals surface area contributed by atoms with Crippen LogP contribution >= 0.6 is 0 Å². The molecule has 8 nitrogen and oxygen atoms in total. The van der Waals surface area contributed by atoms with Gasteiger partial charge in [0.1, 0.15) is 17.3 Å². The average molecular weight is 513 g/mol. The van der Waals surface area contributed by atoms with Crippen LogP contribution in [0.15, 0.2) is 42.7 Å². The second kappa shape index (κ2) is 11.8. The molecule has 0 spiro atoms. The number of aromatic nitrogens is 4. The van der Waals surface area contributed by atoms with Gasteiger partial charge in [0.2, 0.25) is 5.88 Å². The number of anilines is 1. The molecule has 37 heavy (non-hydrogen) atoms. The van der Waals surface area contributed by atoms with Crippen molar-refractivity contribution in [1.82, 2.24) is 25.3 Å². The lowest BCUT2D eigenvalue weighted by Gasteiger charge is -2.29. The lowest BCUT2D eigenvalue weighted by molar-refractivity contribution is 0.111. The number of methoxy groups -OCH3 is 1. The minimum Gasteiger partial charge on any atom is -0.481 e. The quantitative estimate of drug-likeness (QED) is 0.316. The van der Waals surface area contributed by atoms with Crippen molar-refractivity contribution < 1.29 is 22.7 Å². The van der Waals surface area contributed by atoms with Crippen LogP contribution in [-0.4, -0.2) is 52.5 Å². The van der Waals surface area contributed by atoms with Gasteiger partial charge in [-0.15, -0.1) is 0 Å². The topological polar surface area (TPSA) is 105 Å². The molecular weight excluding hydrogens is 485 g/mol. The Bertz CT molecular complexity index is 1380. The van der Waals surface area contributed by atoms with E-state index in [1.807, 2.05) is 7.05 Å². The lowest BCUT2D eigenvalue weighted by atomic mass is 9.91. The predicted molar refractivity (Wildman–Crippen MR) is 134 cm³/mol. The fourth-order valence-corrected chi connectivity index (χ4v) is 4.32.